The Morgan fingerprint density at radius 3 is 2.71 bits per heavy atom. The predicted molar refractivity (Wildman–Crippen MR) is 45.0 cm³/mol. The average molecular weight is 200 g/mol. The third kappa shape index (κ3) is 2.30. The van der Waals surface area contributed by atoms with E-state index in [1.165, 1.54) is 0 Å². The molecule has 1 aromatic heterocycles. The molecular formula is C7H8N2O5. The van der Waals surface area contributed by atoms with E-state index in [1.54, 1.807) is 0 Å². The zero-order valence-electron chi connectivity index (χ0n) is 7.01. The van der Waals surface area contributed by atoms with Gasteiger partial charge in [0, 0.05) is 12.3 Å². The number of carboxylic acid groups (broad SMARTS) is 1. The summed E-state index contributed by atoms with van der Waals surface area (Å²) >= 11 is 0. The number of aromatic nitrogens is 2. The minimum atomic E-state index is -1.67. The van der Waals surface area contributed by atoms with E-state index in [0.29, 0.717) is 0 Å². The highest BCUT2D eigenvalue weighted by atomic mass is 16.4. The third-order valence-corrected chi connectivity index (χ3v) is 1.55. The highest BCUT2D eigenvalue weighted by Crippen LogP contribution is 1.86. The fourth-order valence-electron chi connectivity index (χ4n) is 0.852. The first kappa shape index (κ1) is 10.2. The fourth-order valence-corrected chi connectivity index (χ4v) is 0.852. The Morgan fingerprint density at radius 1 is 1.57 bits per heavy atom. The SMILES string of the molecule is O=C(O)[C@H](O)Cn1ccc(=O)[nH]c1=O. The van der Waals surface area contributed by atoms with Crippen molar-refractivity contribution >= 4 is 5.97 Å². The van der Waals surface area contributed by atoms with E-state index >= 15 is 0 Å². The Hall–Kier alpha value is -1.89. The second-order valence-electron chi connectivity index (χ2n) is 2.62. The minimum Gasteiger partial charge on any atom is -0.479 e. The lowest BCUT2D eigenvalue weighted by molar-refractivity contribution is -0.147. The number of carbonyl (C=O) groups is 1. The van der Waals surface area contributed by atoms with Crippen molar-refractivity contribution in [3.63, 3.8) is 0 Å². The van der Waals surface area contributed by atoms with Crippen molar-refractivity contribution in [1.29, 1.82) is 0 Å². The maximum absolute atomic E-state index is 11.0. The number of rotatable bonds is 3. The number of aliphatic hydroxyl groups excluding tert-OH is 1. The molecule has 0 bridgehead atoms. The lowest BCUT2D eigenvalue weighted by atomic mass is 10.3. The standard InChI is InChI=1S/C7H8N2O5/c10-4(6(12)13)3-9-2-1-5(11)8-7(9)14/h1-2,4,10H,3H2,(H,12,13)(H,8,11,14)/t4-/m1/s1. The van der Waals surface area contributed by atoms with Crippen LogP contribution in [0.5, 0.6) is 0 Å². The molecule has 0 fully saturated rings. The molecule has 0 amide bonds. The summed E-state index contributed by atoms with van der Waals surface area (Å²) < 4.78 is 0.903. The minimum absolute atomic E-state index is 0.398. The van der Waals surface area contributed by atoms with Crippen LogP contribution < -0.4 is 11.2 Å². The van der Waals surface area contributed by atoms with Gasteiger partial charge in [0.15, 0.2) is 6.10 Å². The molecule has 0 saturated heterocycles. The van der Waals surface area contributed by atoms with Crippen LogP contribution in [0.25, 0.3) is 0 Å². The van der Waals surface area contributed by atoms with Crippen LogP contribution in [-0.4, -0.2) is 31.8 Å². The molecular weight excluding hydrogens is 192 g/mol. The fraction of sp³-hybridized carbons (Fsp3) is 0.286. The number of nitrogens with one attached hydrogen (secondary N) is 1. The van der Waals surface area contributed by atoms with Crippen LogP contribution in [0.3, 0.4) is 0 Å². The number of hydrogen-bond acceptors (Lipinski definition) is 4. The zero-order chi connectivity index (χ0) is 10.7. The number of hydrogen-bond donors (Lipinski definition) is 3. The Balaban J connectivity index is 2.93. The normalized spacial score (nSPS) is 12.4. The van der Waals surface area contributed by atoms with Crippen LogP contribution in [0.2, 0.25) is 0 Å². The first-order valence-corrected chi connectivity index (χ1v) is 3.71. The van der Waals surface area contributed by atoms with Crippen LogP contribution >= 0.6 is 0 Å². The molecule has 0 aromatic carbocycles. The van der Waals surface area contributed by atoms with E-state index in [2.05, 4.69) is 0 Å². The van der Waals surface area contributed by atoms with E-state index in [4.69, 9.17) is 10.2 Å². The Kier molecular flexibility index (Phi) is 2.82. The number of H-pyrrole nitrogens is 1. The van der Waals surface area contributed by atoms with Crippen molar-refractivity contribution in [2.75, 3.05) is 0 Å². The summed E-state index contributed by atoms with van der Waals surface area (Å²) in [5.74, 6) is -1.43. The first-order valence-electron chi connectivity index (χ1n) is 3.71. The van der Waals surface area contributed by atoms with Gasteiger partial charge in [-0.25, -0.2) is 9.59 Å². The van der Waals surface area contributed by atoms with Crippen LogP contribution in [0.15, 0.2) is 21.9 Å². The average Bonchev–Trinajstić information content (AvgIpc) is 2.09. The van der Waals surface area contributed by atoms with E-state index in [1.807, 2.05) is 4.98 Å². The number of aliphatic hydroxyl groups is 1. The molecule has 1 rings (SSSR count). The van der Waals surface area contributed by atoms with Crippen molar-refractivity contribution in [2.24, 2.45) is 0 Å². The van der Waals surface area contributed by atoms with E-state index < -0.39 is 29.9 Å². The van der Waals surface area contributed by atoms with Gasteiger partial charge < -0.3 is 10.2 Å². The molecule has 0 spiro atoms. The summed E-state index contributed by atoms with van der Waals surface area (Å²) in [6, 6.07) is 1.07. The lowest BCUT2D eigenvalue weighted by Gasteiger charge is -2.06. The monoisotopic (exact) mass is 200 g/mol. The van der Waals surface area contributed by atoms with E-state index in [-0.39, 0.29) is 0 Å². The lowest BCUT2D eigenvalue weighted by Crippen LogP contribution is -2.34. The van der Waals surface area contributed by atoms with Gasteiger partial charge in [0.2, 0.25) is 0 Å². The van der Waals surface area contributed by atoms with Gasteiger partial charge in [0.05, 0.1) is 6.54 Å². The Morgan fingerprint density at radius 2 is 2.21 bits per heavy atom. The van der Waals surface area contributed by atoms with Gasteiger partial charge in [0.1, 0.15) is 0 Å². The summed E-state index contributed by atoms with van der Waals surface area (Å²) in [6.45, 7) is -0.398. The second-order valence-corrected chi connectivity index (χ2v) is 2.62. The molecule has 1 heterocycles. The maximum atomic E-state index is 11.0. The van der Waals surface area contributed by atoms with Gasteiger partial charge in [-0.15, -0.1) is 0 Å². The maximum Gasteiger partial charge on any atom is 0.334 e. The van der Waals surface area contributed by atoms with Crippen LogP contribution in [-0.2, 0) is 11.3 Å². The quantitative estimate of drug-likeness (QED) is 0.521. The van der Waals surface area contributed by atoms with E-state index in [9.17, 15) is 14.4 Å². The number of carboxylic acids is 1. The van der Waals surface area contributed by atoms with Crippen LogP contribution in [0.4, 0.5) is 0 Å². The summed E-state index contributed by atoms with van der Waals surface area (Å²) in [6.07, 6.45) is -0.550. The molecule has 0 radical (unpaired) electrons. The van der Waals surface area contributed by atoms with Crippen LogP contribution in [0.1, 0.15) is 0 Å². The predicted octanol–water partition coefficient (Wildman–Crippen LogP) is -2.02. The molecule has 0 unspecified atom stereocenters. The highest BCUT2D eigenvalue weighted by molar-refractivity contribution is 5.71. The number of aliphatic carboxylic acids is 1. The molecule has 0 aliphatic rings. The van der Waals surface area contributed by atoms with Gasteiger partial charge in [-0.1, -0.05) is 0 Å². The highest BCUT2D eigenvalue weighted by Gasteiger charge is 2.13. The molecule has 14 heavy (non-hydrogen) atoms. The summed E-state index contributed by atoms with van der Waals surface area (Å²) in [4.78, 5) is 33.8. The van der Waals surface area contributed by atoms with Crippen molar-refractivity contribution in [2.45, 2.75) is 12.6 Å². The second kappa shape index (κ2) is 3.88. The van der Waals surface area contributed by atoms with Crippen molar-refractivity contribution in [3.05, 3.63) is 33.1 Å². The Labute approximate surface area is 77.2 Å². The topological polar surface area (TPSA) is 112 Å². The first-order chi connectivity index (χ1) is 6.50. The number of aromatic amines is 1. The smallest absolute Gasteiger partial charge is 0.334 e. The Bertz CT molecular complexity index is 446. The number of nitrogens with zero attached hydrogens (tertiary/aromatic N) is 1. The molecule has 0 aliphatic carbocycles. The molecule has 0 saturated carbocycles. The summed E-state index contributed by atoms with van der Waals surface area (Å²) in [7, 11) is 0. The molecule has 1 atom stereocenters. The summed E-state index contributed by atoms with van der Waals surface area (Å²) in [5, 5.41) is 17.3. The molecule has 3 N–H and O–H groups in total. The van der Waals surface area contributed by atoms with Gasteiger partial charge in [-0.3, -0.25) is 14.3 Å². The van der Waals surface area contributed by atoms with Crippen molar-refractivity contribution in [1.82, 2.24) is 9.55 Å². The molecule has 1 aromatic rings. The van der Waals surface area contributed by atoms with Crippen LogP contribution in [0, 0.1) is 0 Å². The van der Waals surface area contributed by atoms with E-state index in [0.717, 1.165) is 16.8 Å². The summed E-state index contributed by atoms with van der Waals surface area (Å²) in [5.41, 5.74) is -1.33. The van der Waals surface area contributed by atoms with Gasteiger partial charge >= 0.3 is 11.7 Å². The van der Waals surface area contributed by atoms with Crippen molar-refractivity contribution < 1.29 is 15.0 Å². The molecule has 7 heteroatoms. The largest absolute Gasteiger partial charge is 0.479 e. The third-order valence-electron chi connectivity index (χ3n) is 1.55. The molecule has 7 nitrogen and oxygen atoms in total. The van der Waals surface area contributed by atoms with Crippen molar-refractivity contribution in [3.8, 4) is 0 Å². The molecule has 76 valence electrons. The van der Waals surface area contributed by atoms with Gasteiger partial charge in [-0.05, 0) is 0 Å². The zero-order valence-corrected chi connectivity index (χ0v) is 7.01. The molecule has 0 aliphatic heterocycles. The van der Waals surface area contributed by atoms with Gasteiger partial charge in [-0.2, -0.15) is 0 Å². The van der Waals surface area contributed by atoms with Gasteiger partial charge in [0.25, 0.3) is 5.56 Å².